The first-order valence-electron chi connectivity index (χ1n) is 3.76. The van der Waals surface area contributed by atoms with Crippen molar-refractivity contribution in [2.45, 2.75) is 34.1 Å². The van der Waals surface area contributed by atoms with Gasteiger partial charge in [0.05, 0.1) is 12.5 Å². The number of hydrogen-bond donors (Lipinski definition) is 0. The summed E-state index contributed by atoms with van der Waals surface area (Å²) >= 11 is 0. The Balaban J connectivity index is 4.54. The van der Waals surface area contributed by atoms with E-state index in [2.05, 4.69) is 12.1 Å². The van der Waals surface area contributed by atoms with E-state index in [9.17, 15) is 0 Å². The molecular formula is C10H15N. The maximum Gasteiger partial charge on any atom is 0.0669 e. The Bertz CT molecular complexity index is 218. The van der Waals surface area contributed by atoms with Crippen molar-refractivity contribution in [1.29, 1.82) is 5.26 Å². The Morgan fingerprint density at radius 3 is 2.09 bits per heavy atom. The average molecular weight is 149 g/mol. The van der Waals surface area contributed by atoms with Gasteiger partial charge in [-0.25, -0.2) is 0 Å². The van der Waals surface area contributed by atoms with E-state index < -0.39 is 0 Å². The lowest BCUT2D eigenvalue weighted by atomic mass is 10.1. The van der Waals surface area contributed by atoms with Gasteiger partial charge in [-0.2, -0.15) is 5.26 Å². The zero-order valence-corrected chi connectivity index (χ0v) is 7.73. The van der Waals surface area contributed by atoms with Gasteiger partial charge in [-0.3, -0.25) is 0 Å². The molecule has 0 aromatic rings. The minimum Gasteiger partial charge on any atom is -0.198 e. The van der Waals surface area contributed by atoms with Gasteiger partial charge < -0.3 is 0 Å². The minimum absolute atomic E-state index is 0.521. The summed E-state index contributed by atoms with van der Waals surface area (Å²) in [6.07, 6.45) is 2.59. The van der Waals surface area contributed by atoms with Crippen molar-refractivity contribution < 1.29 is 0 Å². The fourth-order valence-electron chi connectivity index (χ4n) is 0.806. The van der Waals surface area contributed by atoms with Crippen LogP contribution in [-0.4, -0.2) is 0 Å². The third-order valence-electron chi connectivity index (χ3n) is 1.37. The molecule has 0 saturated carbocycles. The van der Waals surface area contributed by atoms with Crippen LogP contribution in [0, 0.1) is 11.3 Å². The number of allylic oxidation sites excluding steroid dienone is 4. The van der Waals surface area contributed by atoms with E-state index in [0.717, 1.165) is 5.57 Å². The summed E-state index contributed by atoms with van der Waals surface area (Å²) in [5, 5.41) is 8.49. The maximum atomic E-state index is 8.49. The van der Waals surface area contributed by atoms with Crippen molar-refractivity contribution in [2.75, 3.05) is 0 Å². The fraction of sp³-hybridized carbons (Fsp3) is 0.500. The fourth-order valence-corrected chi connectivity index (χ4v) is 0.806. The second-order valence-corrected chi connectivity index (χ2v) is 3.08. The van der Waals surface area contributed by atoms with Gasteiger partial charge in [0.1, 0.15) is 0 Å². The van der Waals surface area contributed by atoms with Crippen LogP contribution in [0.5, 0.6) is 0 Å². The molecule has 0 spiro atoms. The molecule has 0 amide bonds. The van der Waals surface area contributed by atoms with Crippen LogP contribution in [0.15, 0.2) is 22.8 Å². The van der Waals surface area contributed by atoms with Crippen molar-refractivity contribution in [1.82, 2.24) is 0 Å². The summed E-state index contributed by atoms with van der Waals surface area (Å²) in [6.45, 7) is 8.15. The van der Waals surface area contributed by atoms with Gasteiger partial charge in [-0.05, 0) is 33.3 Å². The molecule has 0 fully saturated rings. The lowest BCUT2D eigenvalue weighted by Crippen LogP contribution is -1.81. The molecule has 0 radical (unpaired) electrons. The van der Waals surface area contributed by atoms with E-state index in [-0.39, 0.29) is 0 Å². The Hall–Kier alpha value is -1.03. The molecule has 0 unspecified atom stereocenters. The third kappa shape index (κ3) is 4.38. The molecule has 0 atom stereocenters. The molecule has 0 aliphatic heterocycles. The van der Waals surface area contributed by atoms with Crippen LogP contribution in [0.2, 0.25) is 0 Å². The molecule has 0 aromatic carbocycles. The molecule has 0 N–H and O–H groups in total. The highest BCUT2D eigenvalue weighted by Gasteiger charge is 1.93. The summed E-state index contributed by atoms with van der Waals surface area (Å²) in [6, 6.07) is 2.15. The largest absolute Gasteiger partial charge is 0.198 e. The van der Waals surface area contributed by atoms with Crippen molar-refractivity contribution in [3.8, 4) is 6.07 Å². The van der Waals surface area contributed by atoms with Crippen LogP contribution >= 0.6 is 0 Å². The standard InChI is InChI=1S/C10H15N/c1-8(2)7-10(5-6-11)9(3)4/h7H,5H2,1-4H3. The summed E-state index contributed by atoms with van der Waals surface area (Å²) < 4.78 is 0. The average Bonchev–Trinajstić information content (AvgIpc) is 1.86. The van der Waals surface area contributed by atoms with Crippen LogP contribution in [-0.2, 0) is 0 Å². The Labute approximate surface area is 69.0 Å². The van der Waals surface area contributed by atoms with Crippen LogP contribution < -0.4 is 0 Å². The molecule has 0 aliphatic rings. The van der Waals surface area contributed by atoms with E-state index in [1.807, 2.05) is 27.7 Å². The zero-order valence-electron chi connectivity index (χ0n) is 7.73. The maximum absolute atomic E-state index is 8.49. The lowest BCUT2D eigenvalue weighted by molar-refractivity contribution is 1.17. The van der Waals surface area contributed by atoms with E-state index in [1.165, 1.54) is 11.1 Å². The molecule has 0 heterocycles. The predicted octanol–water partition coefficient (Wildman–Crippen LogP) is 3.20. The van der Waals surface area contributed by atoms with Crippen molar-refractivity contribution in [3.05, 3.63) is 22.8 Å². The number of nitrogens with zero attached hydrogens (tertiary/aromatic N) is 1. The quantitative estimate of drug-likeness (QED) is 0.553. The van der Waals surface area contributed by atoms with E-state index >= 15 is 0 Å². The Morgan fingerprint density at radius 2 is 1.82 bits per heavy atom. The summed E-state index contributed by atoms with van der Waals surface area (Å²) in [7, 11) is 0. The predicted molar refractivity (Wildman–Crippen MR) is 48.0 cm³/mol. The molecule has 0 rings (SSSR count). The van der Waals surface area contributed by atoms with Crippen molar-refractivity contribution in [2.24, 2.45) is 0 Å². The van der Waals surface area contributed by atoms with Crippen molar-refractivity contribution in [3.63, 3.8) is 0 Å². The Kier molecular flexibility index (Phi) is 4.29. The number of nitriles is 1. The molecule has 0 bridgehead atoms. The van der Waals surface area contributed by atoms with Crippen LogP contribution in [0.1, 0.15) is 34.1 Å². The summed E-state index contributed by atoms with van der Waals surface area (Å²) in [5.41, 5.74) is 3.62. The first-order chi connectivity index (χ1) is 5.07. The number of rotatable bonds is 2. The topological polar surface area (TPSA) is 23.8 Å². The van der Waals surface area contributed by atoms with Gasteiger partial charge in [0, 0.05) is 0 Å². The highest BCUT2D eigenvalue weighted by atomic mass is 14.2. The molecule has 0 saturated heterocycles. The molecular weight excluding hydrogens is 134 g/mol. The summed E-state index contributed by atoms with van der Waals surface area (Å²) in [5.74, 6) is 0. The van der Waals surface area contributed by atoms with E-state index in [1.54, 1.807) is 0 Å². The highest BCUT2D eigenvalue weighted by Crippen LogP contribution is 2.11. The lowest BCUT2D eigenvalue weighted by Gasteiger charge is -1.99. The van der Waals surface area contributed by atoms with Gasteiger partial charge in [0.25, 0.3) is 0 Å². The highest BCUT2D eigenvalue weighted by molar-refractivity contribution is 5.28. The third-order valence-corrected chi connectivity index (χ3v) is 1.37. The SMILES string of the molecule is CC(C)=CC(CC#N)=C(C)C. The van der Waals surface area contributed by atoms with Gasteiger partial charge >= 0.3 is 0 Å². The van der Waals surface area contributed by atoms with Gasteiger partial charge in [-0.15, -0.1) is 0 Å². The summed E-state index contributed by atoms with van der Waals surface area (Å²) in [4.78, 5) is 0. The molecule has 60 valence electrons. The van der Waals surface area contributed by atoms with Crippen LogP contribution in [0.25, 0.3) is 0 Å². The molecule has 1 heteroatoms. The van der Waals surface area contributed by atoms with Gasteiger partial charge in [0.2, 0.25) is 0 Å². The van der Waals surface area contributed by atoms with Crippen LogP contribution in [0.3, 0.4) is 0 Å². The van der Waals surface area contributed by atoms with Crippen LogP contribution in [0.4, 0.5) is 0 Å². The second-order valence-electron chi connectivity index (χ2n) is 3.08. The monoisotopic (exact) mass is 149 g/mol. The molecule has 0 aliphatic carbocycles. The Morgan fingerprint density at radius 1 is 1.27 bits per heavy atom. The molecule has 11 heavy (non-hydrogen) atoms. The smallest absolute Gasteiger partial charge is 0.0669 e. The van der Waals surface area contributed by atoms with Gasteiger partial charge in [0.15, 0.2) is 0 Å². The number of hydrogen-bond acceptors (Lipinski definition) is 1. The second kappa shape index (κ2) is 4.73. The zero-order chi connectivity index (χ0) is 8.85. The van der Waals surface area contributed by atoms with E-state index in [4.69, 9.17) is 5.26 Å². The van der Waals surface area contributed by atoms with Gasteiger partial charge in [-0.1, -0.05) is 17.2 Å². The first-order valence-corrected chi connectivity index (χ1v) is 3.76. The minimum atomic E-state index is 0.521. The first kappa shape index (κ1) is 9.97. The van der Waals surface area contributed by atoms with Crippen molar-refractivity contribution >= 4 is 0 Å². The van der Waals surface area contributed by atoms with E-state index in [0.29, 0.717) is 6.42 Å². The molecule has 0 aromatic heterocycles. The normalized spacial score (nSPS) is 8.27. The molecule has 1 nitrogen and oxygen atoms in total.